The molecule has 104 valence electrons. The van der Waals surface area contributed by atoms with E-state index in [2.05, 4.69) is 16.9 Å². The number of nitrogens with zero attached hydrogens (tertiary/aromatic N) is 2. The molecule has 1 aliphatic heterocycles. The monoisotopic (exact) mass is 261 g/mol. The summed E-state index contributed by atoms with van der Waals surface area (Å²) in [6.45, 7) is 0.913. The van der Waals surface area contributed by atoms with Crippen molar-refractivity contribution in [2.24, 2.45) is 0 Å². The van der Waals surface area contributed by atoms with Crippen LogP contribution in [-0.2, 0) is 4.74 Å². The Morgan fingerprint density at radius 2 is 2.21 bits per heavy atom. The number of hydrogen-bond donors (Lipinski definition) is 1. The Kier molecular flexibility index (Phi) is 3.35. The van der Waals surface area contributed by atoms with Crippen molar-refractivity contribution < 1.29 is 4.74 Å². The molecular weight excluding hydrogens is 238 g/mol. The predicted octanol–water partition coefficient (Wildman–Crippen LogP) is 2.59. The van der Waals surface area contributed by atoms with Gasteiger partial charge < -0.3 is 15.4 Å². The first-order valence-corrected chi connectivity index (χ1v) is 7.27. The molecule has 0 amide bonds. The third-order valence-electron chi connectivity index (χ3n) is 4.57. The highest BCUT2D eigenvalue weighted by molar-refractivity contribution is 5.65. The van der Waals surface area contributed by atoms with E-state index in [0.29, 0.717) is 6.10 Å². The molecule has 1 aromatic rings. The molecule has 2 heterocycles. The van der Waals surface area contributed by atoms with Gasteiger partial charge in [-0.1, -0.05) is 12.8 Å². The van der Waals surface area contributed by atoms with Gasteiger partial charge in [0.05, 0.1) is 29.3 Å². The fraction of sp³-hybridized carbons (Fsp3) is 0.667. The van der Waals surface area contributed by atoms with Crippen LogP contribution in [0.1, 0.15) is 38.5 Å². The summed E-state index contributed by atoms with van der Waals surface area (Å²) in [5.74, 6) is 0. The molecule has 1 unspecified atom stereocenters. The number of anilines is 2. The summed E-state index contributed by atoms with van der Waals surface area (Å²) in [4.78, 5) is 6.22. The molecule has 1 atom stereocenters. The third-order valence-corrected chi connectivity index (χ3v) is 4.57. The summed E-state index contributed by atoms with van der Waals surface area (Å²) in [6, 6.07) is 1.97. The lowest BCUT2D eigenvalue weighted by Gasteiger charge is -2.27. The molecule has 0 aromatic carbocycles. The van der Waals surface area contributed by atoms with Crippen LogP contribution in [0.2, 0.25) is 0 Å². The van der Waals surface area contributed by atoms with Gasteiger partial charge in [-0.25, -0.2) is 0 Å². The lowest BCUT2D eigenvalue weighted by atomic mass is 9.98. The van der Waals surface area contributed by atoms with Gasteiger partial charge in [-0.2, -0.15) is 0 Å². The van der Waals surface area contributed by atoms with E-state index in [-0.39, 0.29) is 5.60 Å². The number of likely N-dealkylation sites (N-methyl/N-ethyl adjacent to an activating group) is 1. The molecule has 0 radical (unpaired) electrons. The van der Waals surface area contributed by atoms with Gasteiger partial charge in [0.15, 0.2) is 0 Å². The molecular formula is C15H23N3O. The van der Waals surface area contributed by atoms with E-state index in [4.69, 9.17) is 10.5 Å². The lowest BCUT2D eigenvalue weighted by molar-refractivity contribution is -0.0324. The highest BCUT2D eigenvalue weighted by Gasteiger charge is 2.42. The van der Waals surface area contributed by atoms with Gasteiger partial charge in [-0.15, -0.1) is 0 Å². The smallest absolute Gasteiger partial charge is 0.0758 e. The van der Waals surface area contributed by atoms with Crippen molar-refractivity contribution in [2.45, 2.75) is 50.2 Å². The predicted molar refractivity (Wildman–Crippen MR) is 77.2 cm³/mol. The summed E-state index contributed by atoms with van der Waals surface area (Å²) < 4.78 is 6.34. The minimum atomic E-state index is 0.218. The van der Waals surface area contributed by atoms with Gasteiger partial charge in [0, 0.05) is 19.8 Å². The molecule has 2 N–H and O–H groups in total. The zero-order valence-electron chi connectivity index (χ0n) is 11.6. The van der Waals surface area contributed by atoms with Crippen LogP contribution in [0.25, 0.3) is 0 Å². The minimum absolute atomic E-state index is 0.218. The maximum absolute atomic E-state index is 6.34. The lowest BCUT2D eigenvalue weighted by Crippen LogP contribution is -2.32. The van der Waals surface area contributed by atoms with Crippen LogP contribution in [0.15, 0.2) is 18.5 Å². The fourth-order valence-electron chi connectivity index (χ4n) is 3.56. The van der Waals surface area contributed by atoms with Gasteiger partial charge in [0.25, 0.3) is 0 Å². The van der Waals surface area contributed by atoms with Crippen LogP contribution >= 0.6 is 0 Å². The molecule has 2 aliphatic rings. The molecule has 1 aromatic heterocycles. The summed E-state index contributed by atoms with van der Waals surface area (Å²) >= 11 is 0. The van der Waals surface area contributed by atoms with Crippen molar-refractivity contribution in [3.05, 3.63) is 18.5 Å². The summed E-state index contributed by atoms with van der Waals surface area (Å²) in [6.07, 6.45) is 11.4. The zero-order chi connectivity index (χ0) is 13.3. The molecule has 1 saturated carbocycles. The summed E-state index contributed by atoms with van der Waals surface area (Å²) in [5.41, 5.74) is 7.97. The van der Waals surface area contributed by atoms with E-state index in [1.807, 2.05) is 6.07 Å². The van der Waals surface area contributed by atoms with Crippen molar-refractivity contribution in [2.75, 3.05) is 24.2 Å². The van der Waals surface area contributed by atoms with Crippen LogP contribution in [0.4, 0.5) is 11.4 Å². The second-order valence-corrected chi connectivity index (χ2v) is 5.98. The Labute approximate surface area is 115 Å². The zero-order valence-corrected chi connectivity index (χ0v) is 11.6. The minimum Gasteiger partial charge on any atom is -0.396 e. The van der Waals surface area contributed by atoms with Crippen LogP contribution in [0.3, 0.4) is 0 Å². The summed E-state index contributed by atoms with van der Waals surface area (Å²) in [5, 5.41) is 0. The van der Waals surface area contributed by atoms with E-state index in [1.54, 1.807) is 12.4 Å². The Bertz CT molecular complexity index is 443. The van der Waals surface area contributed by atoms with Crippen molar-refractivity contribution in [1.82, 2.24) is 4.98 Å². The van der Waals surface area contributed by atoms with Crippen LogP contribution in [0.5, 0.6) is 0 Å². The maximum Gasteiger partial charge on any atom is 0.0758 e. The van der Waals surface area contributed by atoms with Gasteiger partial charge in [-0.05, 0) is 31.7 Å². The number of rotatable bonds is 3. The largest absolute Gasteiger partial charge is 0.396 e. The van der Waals surface area contributed by atoms with Gasteiger partial charge >= 0.3 is 0 Å². The van der Waals surface area contributed by atoms with Crippen molar-refractivity contribution in [3.8, 4) is 0 Å². The molecule has 4 nitrogen and oxygen atoms in total. The average Bonchev–Trinajstić information content (AvgIpc) is 3.01. The Balaban J connectivity index is 1.62. The van der Waals surface area contributed by atoms with E-state index in [1.165, 1.54) is 38.5 Å². The second-order valence-electron chi connectivity index (χ2n) is 5.98. The van der Waals surface area contributed by atoms with Crippen molar-refractivity contribution in [1.29, 1.82) is 0 Å². The van der Waals surface area contributed by atoms with Crippen LogP contribution < -0.4 is 10.6 Å². The fourth-order valence-corrected chi connectivity index (χ4v) is 3.56. The first-order valence-electron chi connectivity index (χ1n) is 7.27. The standard InChI is InChI=1S/C15H23N3O/c1-18(14-5-9-17-10-13(14)16)11-12-4-8-15(19-12)6-2-3-7-15/h5,9-10,12H,2-4,6-8,11,16H2,1H3. The van der Waals surface area contributed by atoms with E-state index in [0.717, 1.165) is 17.9 Å². The van der Waals surface area contributed by atoms with Crippen LogP contribution in [0, 0.1) is 0 Å². The quantitative estimate of drug-likeness (QED) is 0.908. The number of nitrogen functional groups attached to an aromatic ring is 1. The first-order chi connectivity index (χ1) is 9.19. The Hall–Kier alpha value is -1.29. The average molecular weight is 261 g/mol. The summed E-state index contributed by atoms with van der Waals surface area (Å²) in [7, 11) is 2.08. The highest BCUT2D eigenvalue weighted by Crippen LogP contribution is 2.43. The normalized spacial score (nSPS) is 25.0. The number of hydrogen-bond acceptors (Lipinski definition) is 4. The first kappa shape index (κ1) is 12.7. The van der Waals surface area contributed by atoms with Gasteiger partial charge in [0.1, 0.15) is 0 Å². The molecule has 2 fully saturated rings. The SMILES string of the molecule is CN(CC1CCC2(CCCC2)O1)c1ccncc1N. The molecule has 1 saturated heterocycles. The number of aromatic nitrogens is 1. The second kappa shape index (κ2) is 5.00. The Morgan fingerprint density at radius 1 is 1.42 bits per heavy atom. The van der Waals surface area contributed by atoms with Crippen LogP contribution in [-0.4, -0.2) is 30.3 Å². The molecule has 1 spiro atoms. The number of pyridine rings is 1. The van der Waals surface area contributed by atoms with E-state index in [9.17, 15) is 0 Å². The Morgan fingerprint density at radius 3 is 2.95 bits per heavy atom. The number of ether oxygens (including phenoxy) is 1. The topological polar surface area (TPSA) is 51.4 Å². The van der Waals surface area contributed by atoms with Crippen molar-refractivity contribution >= 4 is 11.4 Å². The molecule has 19 heavy (non-hydrogen) atoms. The van der Waals surface area contributed by atoms with Crippen molar-refractivity contribution in [3.63, 3.8) is 0 Å². The molecule has 1 aliphatic carbocycles. The van der Waals surface area contributed by atoms with Gasteiger partial charge in [0.2, 0.25) is 0 Å². The maximum atomic E-state index is 6.34. The molecule has 0 bridgehead atoms. The van der Waals surface area contributed by atoms with Gasteiger partial charge in [-0.3, -0.25) is 4.98 Å². The highest BCUT2D eigenvalue weighted by atomic mass is 16.5. The molecule has 3 rings (SSSR count). The van der Waals surface area contributed by atoms with E-state index >= 15 is 0 Å². The van der Waals surface area contributed by atoms with E-state index < -0.39 is 0 Å². The third kappa shape index (κ3) is 2.54. The molecule has 4 heteroatoms. The number of nitrogens with two attached hydrogens (primary N) is 1.